The molecule has 0 aliphatic carbocycles. The van der Waals surface area contributed by atoms with Crippen LogP contribution in [0.3, 0.4) is 0 Å². The minimum absolute atomic E-state index is 0.124. The highest BCUT2D eigenvalue weighted by Crippen LogP contribution is 2.17. The molecule has 0 aromatic rings. The van der Waals surface area contributed by atoms with Crippen molar-refractivity contribution in [2.45, 2.75) is 31.1 Å². The lowest BCUT2D eigenvalue weighted by molar-refractivity contribution is 0.522. The van der Waals surface area contributed by atoms with Crippen molar-refractivity contribution >= 4 is 9.84 Å². The molecule has 0 saturated carbocycles. The van der Waals surface area contributed by atoms with Crippen LogP contribution in [0, 0.1) is 0 Å². The van der Waals surface area contributed by atoms with E-state index < -0.39 is 9.84 Å². The predicted octanol–water partition coefficient (Wildman–Crippen LogP) is -0.0892. The van der Waals surface area contributed by atoms with Crippen molar-refractivity contribution in [1.82, 2.24) is 0 Å². The van der Waals surface area contributed by atoms with Crippen LogP contribution in [0.2, 0.25) is 0 Å². The second kappa shape index (κ2) is 2.51. The van der Waals surface area contributed by atoms with Crippen molar-refractivity contribution < 1.29 is 8.42 Å². The van der Waals surface area contributed by atoms with Gasteiger partial charge in [0.25, 0.3) is 0 Å². The first kappa shape index (κ1) is 8.01. The minimum atomic E-state index is -2.84. The van der Waals surface area contributed by atoms with Crippen LogP contribution >= 0.6 is 0 Å². The van der Waals surface area contributed by atoms with Crippen LogP contribution in [0.25, 0.3) is 0 Å². The number of hydrogen-bond donors (Lipinski definition) is 1. The smallest absolute Gasteiger partial charge is 0.154 e. The van der Waals surface area contributed by atoms with Crippen LogP contribution < -0.4 is 5.73 Å². The monoisotopic (exact) mass is 163 g/mol. The fourth-order valence-electron chi connectivity index (χ4n) is 1.17. The van der Waals surface area contributed by atoms with E-state index >= 15 is 0 Å². The summed E-state index contributed by atoms with van der Waals surface area (Å²) in [4.78, 5) is 0. The standard InChI is InChI=1S/C6H13NO2S/c1-5-2-3-6(7)4-10(5,8)9/h5-6H,2-4,7H2,1H3. The molecule has 1 heterocycles. The van der Waals surface area contributed by atoms with Crippen LogP contribution in [0.1, 0.15) is 19.8 Å². The number of nitrogens with two attached hydrogens (primary N) is 1. The fraction of sp³-hybridized carbons (Fsp3) is 1.00. The van der Waals surface area contributed by atoms with Crippen molar-refractivity contribution in [3.05, 3.63) is 0 Å². The highest BCUT2D eigenvalue weighted by molar-refractivity contribution is 7.92. The summed E-state index contributed by atoms with van der Waals surface area (Å²) >= 11 is 0. The van der Waals surface area contributed by atoms with Gasteiger partial charge in [-0.2, -0.15) is 0 Å². The number of hydrogen-bond acceptors (Lipinski definition) is 3. The van der Waals surface area contributed by atoms with Gasteiger partial charge in [0.2, 0.25) is 0 Å². The van der Waals surface area contributed by atoms with Crippen LogP contribution in [0.4, 0.5) is 0 Å². The summed E-state index contributed by atoms with van der Waals surface area (Å²) in [6.45, 7) is 1.75. The van der Waals surface area contributed by atoms with E-state index in [0.717, 1.165) is 12.8 Å². The molecule has 1 aliphatic heterocycles. The Labute approximate surface area is 61.5 Å². The van der Waals surface area contributed by atoms with E-state index in [0.29, 0.717) is 0 Å². The number of rotatable bonds is 0. The maximum Gasteiger partial charge on any atom is 0.154 e. The third-order valence-corrected chi connectivity index (χ3v) is 4.36. The van der Waals surface area contributed by atoms with Crippen LogP contribution in [0.15, 0.2) is 0 Å². The molecule has 4 heteroatoms. The second-order valence-corrected chi connectivity index (χ2v) is 5.44. The van der Waals surface area contributed by atoms with E-state index in [1.54, 1.807) is 6.92 Å². The third kappa shape index (κ3) is 1.49. The van der Waals surface area contributed by atoms with E-state index in [1.807, 2.05) is 0 Å². The summed E-state index contributed by atoms with van der Waals surface area (Å²) in [5.74, 6) is 0.175. The summed E-state index contributed by atoms with van der Waals surface area (Å²) in [6.07, 6.45) is 1.57. The maximum absolute atomic E-state index is 11.1. The first-order valence-corrected chi connectivity index (χ1v) is 5.21. The average molecular weight is 163 g/mol. The lowest BCUT2D eigenvalue weighted by Gasteiger charge is -2.23. The molecule has 2 N–H and O–H groups in total. The van der Waals surface area contributed by atoms with Crippen molar-refractivity contribution in [2.24, 2.45) is 5.73 Å². The molecule has 0 amide bonds. The molecular weight excluding hydrogens is 150 g/mol. The molecule has 1 saturated heterocycles. The Bertz CT molecular complexity index is 210. The van der Waals surface area contributed by atoms with Gasteiger partial charge in [0.05, 0.1) is 11.0 Å². The molecule has 3 nitrogen and oxygen atoms in total. The van der Waals surface area contributed by atoms with Crippen molar-refractivity contribution in [3.63, 3.8) is 0 Å². The van der Waals surface area contributed by atoms with E-state index in [2.05, 4.69) is 0 Å². The highest BCUT2D eigenvalue weighted by atomic mass is 32.2. The molecule has 1 fully saturated rings. The zero-order valence-electron chi connectivity index (χ0n) is 6.08. The SMILES string of the molecule is CC1CCC(N)CS1(=O)=O. The van der Waals surface area contributed by atoms with Crippen LogP contribution in [-0.2, 0) is 9.84 Å². The summed E-state index contributed by atoms with van der Waals surface area (Å²) in [5, 5.41) is -0.174. The zero-order valence-corrected chi connectivity index (χ0v) is 6.89. The molecule has 1 rings (SSSR count). The van der Waals surface area contributed by atoms with E-state index in [4.69, 9.17) is 5.73 Å². The molecule has 2 unspecified atom stereocenters. The zero-order chi connectivity index (χ0) is 7.78. The van der Waals surface area contributed by atoms with Crippen molar-refractivity contribution in [1.29, 1.82) is 0 Å². The maximum atomic E-state index is 11.1. The van der Waals surface area contributed by atoms with E-state index in [-0.39, 0.29) is 17.0 Å². The topological polar surface area (TPSA) is 60.2 Å². The summed E-state index contributed by atoms with van der Waals surface area (Å²) in [5.41, 5.74) is 5.49. The van der Waals surface area contributed by atoms with Gasteiger partial charge in [-0.1, -0.05) is 0 Å². The summed E-state index contributed by atoms with van der Waals surface area (Å²) in [7, 11) is -2.84. The van der Waals surface area contributed by atoms with Crippen LogP contribution in [0.5, 0.6) is 0 Å². The predicted molar refractivity (Wildman–Crippen MR) is 40.5 cm³/mol. The first-order valence-electron chi connectivity index (χ1n) is 3.49. The number of sulfone groups is 1. The average Bonchev–Trinajstić information content (AvgIpc) is 1.78. The summed E-state index contributed by atoms with van der Waals surface area (Å²) in [6, 6.07) is -0.124. The third-order valence-electron chi connectivity index (χ3n) is 2.00. The molecule has 10 heavy (non-hydrogen) atoms. The van der Waals surface area contributed by atoms with Gasteiger partial charge in [-0.25, -0.2) is 8.42 Å². The van der Waals surface area contributed by atoms with Gasteiger partial charge in [-0.15, -0.1) is 0 Å². The Morgan fingerprint density at radius 1 is 1.40 bits per heavy atom. The minimum Gasteiger partial charge on any atom is -0.327 e. The molecule has 0 spiro atoms. The second-order valence-electron chi connectivity index (χ2n) is 2.98. The van der Waals surface area contributed by atoms with Gasteiger partial charge in [0, 0.05) is 6.04 Å². The normalized spacial score (nSPS) is 39.4. The first-order chi connectivity index (χ1) is 4.52. The molecule has 0 radical (unpaired) electrons. The molecule has 0 aromatic carbocycles. The van der Waals surface area contributed by atoms with Crippen LogP contribution in [-0.4, -0.2) is 25.5 Å². The van der Waals surface area contributed by atoms with E-state index in [1.165, 1.54) is 0 Å². The molecule has 0 bridgehead atoms. The van der Waals surface area contributed by atoms with Gasteiger partial charge in [0.15, 0.2) is 9.84 Å². The van der Waals surface area contributed by atoms with Crippen molar-refractivity contribution in [3.8, 4) is 0 Å². The Kier molecular flexibility index (Phi) is 2.01. The quantitative estimate of drug-likeness (QED) is 0.543. The lowest BCUT2D eigenvalue weighted by atomic mass is 10.1. The Morgan fingerprint density at radius 3 is 2.40 bits per heavy atom. The summed E-state index contributed by atoms with van der Waals surface area (Å²) < 4.78 is 22.2. The molecule has 0 aromatic heterocycles. The molecule has 2 atom stereocenters. The van der Waals surface area contributed by atoms with Gasteiger partial charge < -0.3 is 5.73 Å². The molecule has 60 valence electrons. The van der Waals surface area contributed by atoms with Crippen molar-refractivity contribution in [2.75, 3.05) is 5.75 Å². The highest BCUT2D eigenvalue weighted by Gasteiger charge is 2.28. The molecular formula is C6H13NO2S. The van der Waals surface area contributed by atoms with Gasteiger partial charge in [-0.05, 0) is 19.8 Å². The lowest BCUT2D eigenvalue weighted by Crippen LogP contribution is -2.39. The Balaban J connectivity index is 2.74. The Morgan fingerprint density at radius 2 is 2.00 bits per heavy atom. The Hall–Kier alpha value is -0.0900. The van der Waals surface area contributed by atoms with E-state index in [9.17, 15) is 8.42 Å². The largest absolute Gasteiger partial charge is 0.327 e. The van der Waals surface area contributed by atoms with Gasteiger partial charge in [0.1, 0.15) is 0 Å². The molecule has 1 aliphatic rings. The van der Waals surface area contributed by atoms with Gasteiger partial charge in [-0.3, -0.25) is 0 Å². The fourth-order valence-corrected chi connectivity index (χ4v) is 2.76. The van der Waals surface area contributed by atoms with Gasteiger partial charge >= 0.3 is 0 Å².